The van der Waals surface area contributed by atoms with Crippen molar-refractivity contribution in [3.05, 3.63) is 28.9 Å². The van der Waals surface area contributed by atoms with Crippen molar-refractivity contribution < 1.29 is 19.1 Å². The lowest BCUT2D eigenvalue weighted by Crippen LogP contribution is -2.58. The summed E-state index contributed by atoms with van der Waals surface area (Å²) < 4.78 is 11.5. The SMILES string of the molecule is CC(C)(C)c1cnc(COCc2cnc(NC3CCCN(C(=O)O)[C@@H]3C(C)(C)C)s2)o1. The van der Waals surface area contributed by atoms with Crippen LogP contribution < -0.4 is 5.32 Å². The zero-order chi connectivity index (χ0) is 22.8. The van der Waals surface area contributed by atoms with E-state index < -0.39 is 6.09 Å². The highest BCUT2D eigenvalue weighted by Gasteiger charge is 2.42. The van der Waals surface area contributed by atoms with Gasteiger partial charge in [-0.05, 0) is 18.3 Å². The molecule has 172 valence electrons. The van der Waals surface area contributed by atoms with Crippen LogP contribution in [0.4, 0.5) is 9.93 Å². The molecule has 1 unspecified atom stereocenters. The fourth-order valence-electron chi connectivity index (χ4n) is 3.99. The second kappa shape index (κ2) is 9.16. The summed E-state index contributed by atoms with van der Waals surface area (Å²) in [5.41, 5.74) is -0.259. The molecular weight excluding hydrogens is 416 g/mol. The number of oxazole rings is 1. The quantitative estimate of drug-likeness (QED) is 0.630. The van der Waals surface area contributed by atoms with E-state index >= 15 is 0 Å². The molecule has 0 aromatic carbocycles. The van der Waals surface area contributed by atoms with Gasteiger partial charge in [-0.25, -0.2) is 14.8 Å². The Labute approximate surface area is 188 Å². The Balaban J connectivity index is 1.57. The van der Waals surface area contributed by atoms with Crippen LogP contribution >= 0.6 is 11.3 Å². The van der Waals surface area contributed by atoms with Gasteiger partial charge in [0.2, 0.25) is 5.89 Å². The van der Waals surface area contributed by atoms with Crippen molar-refractivity contribution in [1.29, 1.82) is 0 Å². The molecule has 8 nitrogen and oxygen atoms in total. The first-order chi connectivity index (χ1) is 14.4. The molecule has 0 spiro atoms. The number of carboxylic acid groups (broad SMARTS) is 1. The number of rotatable bonds is 6. The highest BCUT2D eigenvalue weighted by atomic mass is 32.1. The third-order valence-corrected chi connectivity index (χ3v) is 6.29. The molecule has 2 atom stereocenters. The first kappa shape index (κ1) is 23.5. The lowest BCUT2D eigenvalue weighted by Gasteiger charge is -2.46. The summed E-state index contributed by atoms with van der Waals surface area (Å²) in [6.07, 6.45) is 4.44. The Bertz CT molecular complexity index is 881. The summed E-state index contributed by atoms with van der Waals surface area (Å²) >= 11 is 1.53. The van der Waals surface area contributed by atoms with Crippen LogP contribution in [-0.4, -0.2) is 44.7 Å². The van der Waals surface area contributed by atoms with Crippen LogP contribution in [0.3, 0.4) is 0 Å². The highest BCUT2D eigenvalue weighted by molar-refractivity contribution is 7.15. The topological polar surface area (TPSA) is 101 Å². The van der Waals surface area contributed by atoms with Gasteiger partial charge in [0.1, 0.15) is 12.4 Å². The van der Waals surface area contributed by atoms with E-state index in [1.807, 2.05) is 0 Å². The minimum Gasteiger partial charge on any atom is -0.465 e. The number of likely N-dealkylation sites (tertiary alicyclic amines) is 1. The number of hydrogen-bond acceptors (Lipinski definition) is 7. The van der Waals surface area contributed by atoms with Crippen LogP contribution in [0.5, 0.6) is 0 Å². The molecule has 2 aromatic heterocycles. The molecule has 0 saturated carbocycles. The number of thiazole rings is 1. The van der Waals surface area contributed by atoms with Crippen LogP contribution in [0.25, 0.3) is 0 Å². The van der Waals surface area contributed by atoms with Crippen LogP contribution in [0.2, 0.25) is 0 Å². The number of hydrogen-bond donors (Lipinski definition) is 2. The van der Waals surface area contributed by atoms with Crippen molar-refractivity contribution in [3.63, 3.8) is 0 Å². The third kappa shape index (κ3) is 5.98. The Morgan fingerprint density at radius 2 is 2.00 bits per heavy atom. The maximum absolute atomic E-state index is 11.8. The number of carbonyl (C=O) groups is 1. The Hall–Kier alpha value is -2.13. The molecule has 1 amide bonds. The van der Waals surface area contributed by atoms with Crippen molar-refractivity contribution in [2.45, 2.75) is 85.1 Å². The van der Waals surface area contributed by atoms with E-state index in [2.05, 4.69) is 56.8 Å². The first-order valence-corrected chi connectivity index (χ1v) is 11.5. The molecule has 0 aliphatic carbocycles. The van der Waals surface area contributed by atoms with E-state index in [0.29, 0.717) is 25.6 Å². The number of piperidine rings is 1. The molecular formula is C22H34N4O4S. The number of nitrogens with zero attached hydrogens (tertiary/aromatic N) is 3. The monoisotopic (exact) mass is 450 g/mol. The Morgan fingerprint density at radius 1 is 1.26 bits per heavy atom. The van der Waals surface area contributed by atoms with Crippen molar-refractivity contribution in [3.8, 4) is 0 Å². The van der Waals surface area contributed by atoms with Gasteiger partial charge in [0.05, 0.1) is 23.7 Å². The average Bonchev–Trinajstić information content (AvgIpc) is 3.30. The van der Waals surface area contributed by atoms with E-state index in [1.54, 1.807) is 17.3 Å². The number of anilines is 1. The first-order valence-electron chi connectivity index (χ1n) is 10.7. The van der Waals surface area contributed by atoms with Crippen LogP contribution in [0.15, 0.2) is 16.8 Å². The van der Waals surface area contributed by atoms with Gasteiger partial charge in [0.25, 0.3) is 0 Å². The molecule has 2 aromatic rings. The van der Waals surface area contributed by atoms with Crippen molar-refractivity contribution >= 4 is 22.6 Å². The zero-order valence-electron chi connectivity index (χ0n) is 19.3. The molecule has 2 N–H and O–H groups in total. The summed E-state index contributed by atoms with van der Waals surface area (Å²) in [5.74, 6) is 1.41. The smallest absolute Gasteiger partial charge is 0.407 e. The molecule has 0 bridgehead atoms. The van der Waals surface area contributed by atoms with Crippen molar-refractivity contribution in [2.75, 3.05) is 11.9 Å². The van der Waals surface area contributed by atoms with Gasteiger partial charge in [0.15, 0.2) is 5.13 Å². The van der Waals surface area contributed by atoms with E-state index in [4.69, 9.17) is 9.15 Å². The Morgan fingerprint density at radius 3 is 2.61 bits per heavy atom. The molecule has 3 heterocycles. The van der Waals surface area contributed by atoms with Gasteiger partial charge in [-0.2, -0.15) is 0 Å². The average molecular weight is 451 g/mol. The van der Waals surface area contributed by atoms with E-state index in [0.717, 1.165) is 28.6 Å². The number of aromatic nitrogens is 2. The van der Waals surface area contributed by atoms with Crippen molar-refractivity contribution in [2.24, 2.45) is 5.41 Å². The summed E-state index contributed by atoms with van der Waals surface area (Å²) in [7, 11) is 0. The minimum absolute atomic E-state index is 0.0212. The molecule has 0 radical (unpaired) electrons. The number of amides is 1. The highest BCUT2D eigenvalue weighted by Crippen LogP contribution is 2.34. The summed E-state index contributed by atoms with van der Waals surface area (Å²) in [5, 5.41) is 13.9. The van der Waals surface area contributed by atoms with Crippen molar-refractivity contribution in [1.82, 2.24) is 14.9 Å². The fraction of sp³-hybridized carbons (Fsp3) is 0.682. The predicted molar refractivity (Wildman–Crippen MR) is 120 cm³/mol. The van der Waals surface area contributed by atoms with Gasteiger partial charge >= 0.3 is 6.09 Å². The van der Waals surface area contributed by atoms with E-state index in [9.17, 15) is 9.90 Å². The van der Waals surface area contributed by atoms with Crippen LogP contribution in [-0.2, 0) is 23.4 Å². The minimum atomic E-state index is -0.860. The van der Waals surface area contributed by atoms with Crippen LogP contribution in [0, 0.1) is 5.41 Å². The molecule has 1 saturated heterocycles. The summed E-state index contributed by atoms with van der Waals surface area (Å²) in [4.78, 5) is 23.1. The lowest BCUT2D eigenvalue weighted by molar-refractivity contribution is 0.0519. The molecule has 3 rings (SSSR count). The van der Waals surface area contributed by atoms with Gasteiger partial charge in [-0.1, -0.05) is 52.9 Å². The second-order valence-electron chi connectivity index (χ2n) is 10.2. The van der Waals surface area contributed by atoms with Gasteiger partial charge in [0, 0.05) is 24.2 Å². The summed E-state index contributed by atoms with van der Waals surface area (Å²) in [6.45, 7) is 13.8. The molecule has 1 aliphatic rings. The number of nitrogens with one attached hydrogen (secondary N) is 1. The maximum Gasteiger partial charge on any atom is 0.407 e. The standard InChI is InChI=1S/C22H34N4O4S/c1-21(2,3)16-11-23-17(30-16)13-29-12-14-10-24-19(31-14)25-15-8-7-9-26(20(27)28)18(15)22(4,5)6/h10-11,15,18H,7-9,12-13H2,1-6H3,(H,24,25)(H,27,28)/t15?,18-/m0/s1. The van der Waals surface area contributed by atoms with E-state index in [1.165, 1.54) is 11.3 Å². The molecule has 31 heavy (non-hydrogen) atoms. The van der Waals surface area contributed by atoms with Crippen LogP contribution in [0.1, 0.15) is 70.9 Å². The second-order valence-corrected chi connectivity index (χ2v) is 11.3. The zero-order valence-corrected chi connectivity index (χ0v) is 20.1. The lowest BCUT2D eigenvalue weighted by atomic mass is 9.78. The van der Waals surface area contributed by atoms with Gasteiger partial charge in [-0.15, -0.1) is 0 Å². The molecule has 9 heteroatoms. The number of ether oxygens (including phenoxy) is 1. The fourth-order valence-corrected chi connectivity index (χ4v) is 4.81. The maximum atomic E-state index is 11.8. The third-order valence-electron chi connectivity index (χ3n) is 5.39. The largest absolute Gasteiger partial charge is 0.465 e. The molecule has 1 fully saturated rings. The van der Waals surface area contributed by atoms with E-state index in [-0.39, 0.29) is 22.9 Å². The van der Waals surface area contributed by atoms with Gasteiger partial charge < -0.3 is 24.5 Å². The Kier molecular flexibility index (Phi) is 6.95. The molecule has 1 aliphatic heterocycles. The normalized spacial score (nSPS) is 20.1. The van der Waals surface area contributed by atoms with Gasteiger partial charge in [-0.3, -0.25) is 0 Å². The predicted octanol–water partition coefficient (Wildman–Crippen LogP) is 5.11. The summed E-state index contributed by atoms with van der Waals surface area (Å²) in [6, 6.07) is -0.0997.